The van der Waals surface area contributed by atoms with Gasteiger partial charge < -0.3 is 4.98 Å². The Kier molecular flexibility index (Phi) is 4.69. The molecule has 0 saturated heterocycles. The minimum Gasteiger partial charge on any atom is -0.346 e. The molecule has 138 valence electrons. The number of nitrogens with zero attached hydrogens (tertiary/aromatic N) is 4. The highest BCUT2D eigenvalue weighted by Crippen LogP contribution is 2.32. The number of pyridine rings is 2. The minimum absolute atomic E-state index is 0.0180. The molecule has 0 aliphatic rings. The number of rotatable bonds is 5. The summed E-state index contributed by atoms with van der Waals surface area (Å²) >= 11 is 3.18. The first-order chi connectivity index (χ1) is 13.2. The van der Waals surface area contributed by atoms with Crippen LogP contribution in [0.15, 0.2) is 41.4 Å². The molecule has 0 spiro atoms. The van der Waals surface area contributed by atoms with Gasteiger partial charge in [0.1, 0.15) is 25.7 Å². The van der Waals surface area contributed by atoms with Gasteiger partial charge in [0.25, 0.3) is 0 Å². The molecular formula is C18H13BrF3N5. The number of fused-ring (bicyclic) bond motifs is 1. The molecule has 0 fully saturated rings. The number of hydrogen-bond acceptors (Lipinski definition) is 3. The number of halogens is 4. The summed E-state index contributed by atoms with van der Waals surface area (Å²) in [7, 11) is 0. The third-order valence-corrected chi connectivity index (χ3v) is 5.31. The van der Waals surface area contributed by atoms with Crippen molar-refractivity contribution in [2.24, 2.45) is 0 Å². The molecule has 0 unspecified atom stereocenters. The lowest BCUT2D eigenvalue weighted by molar-refractivity contribution is 0.438. The van der Waals surface area contributed by atoms with Crippen LogP contribution < -0.4 is 0 Å². The molecule has 0 amide bonds. The van der Waals surface area contributed by atoms with Gasteiger partial charge in [-0.05, 0) is 33.6 Å². The Bertz CT molecular complexity index is 1120. The molecule has 0 aliphatic carbocycles. The molecule has 1 N–H and O–H groups in total. The fourth-order valence-corrected chi connectivity index (χ4v) is 3.63. The number of H-pyrrole nitrogens is 1. The van der Waals surface area contributed by atoms with Crippen molar-refractivity contribution in [1.29, 1.82) is 0 Å². The topological polar surface area (TPSA) is 59.4 Å². The molecule has 5 nitrogen and oxygen atoms in total. The summed E-state index contributed by atoms with van der Waals surface area (Å²) in [6, 6.07) is 3.74. The smallest absolute Gasteiger partial charge is 0.160 e. The molecule has 9 heteroatoms. The van der Waals surface area contributed by atoms with Crippen LogP contribution in [0.5, 0.6) is 0 Å². The van der Waals surface area contributed by atoms with Crippen molar-refractivity contribution in [3.8, 4) is 16.9 Å². The SMILES string of the molecule is FCc1nc(-n2cc(-c3ccnc4[nH]ccc34)cn2)c(CF)c(Br)c1CF. The predicted octanol–water partition coefficient (Wildman–Crippen LogP) is 4.98. The minimum atomic E-state index is -0.958. The highest BCUT2D eigenvalue weighted by Gasteiger charge is 2.20. The zero-order chi connectivity index (χ0) is 19.0. The van der Waals surface area contributed by atoms with Crippen molar-refractivity contribution < 1.29 is 13.2 Å². The first-order valence-electron chi connectivity index (χ1n) is 8.03. The maximum Gasteiger partial charge on any atom is 0.160 e. The van der Waals surface area contributed by atoms with E-state index in [4.69, 9.17) is 0 Å². The van der Waals surface area contributed by atoms with Crippen LogP contribution in [0, 0.1) is 0 Å². The van der Waals surface area contributed by atoms with Crippen LogP contribution in [0.25, 0.3) is 28.0 Å². The van der Waals surface area contributed by atoms with Crippen molar-refractivity contribution in [2.75, 3.05) is 0 Å². The molecule has 0 aromatic carbocycles. The highest BCUT2D eigenvalue weighted by molar-refractivity contribution is 9.10. The van der Waals surface area contributed by atoms with Gasteiger partial charge in [0.05, 0.1) is 11.9 Å². The highest BCUT2D eigenvalue weighted by atomic mass is 79.9. The van der Waals surface area contributed by atoms with E-state index in [0.717, 1.165) is 22.2 Å². The van der Waals surface area contributed by atoms with E-state index in [1.54, 1.807) is 24.8 Å². The average Bonchev–Trinajstić information content (AvgIpc) is 3.36. The van der Waals surface area contributed by atoms with E-state index in [0.29, 0.717) is 0 Å². The van der Waals surface area contributed by atoms with Crippen molar-refractivity contribution >= 4 is 27.0 Å². The lowest BCUT2D eigenvalue weighted by Gasteiger charge is -2.13. The number of aromatic nitrogens is 5. The molecule has 4 aromatic rings. The van der Waals surface area contributed by atoms with Crippen LogP contribution in [-0.4, -0.2) is 24.7 Å². The number of alkyl halides is 3. The van der Waals surface area contributed by atoms with E-state index in [-0.39, 0.29) is 27.1 Å². The van der Waals surface area contributed by atoms with Gasteiger partial charge in [0.2, 0.25) is 0 Å². The van der Waals surface area contributed by atoms with Crippen LogP contribution in [0.1, 0.15) is 16.8 Å². The Balaban J connectivity index is 1.86. The second kappa shape index (κ2) is 7.15. The Morgan fingerprint density at radius 2 is 1.89 bits per heavy atom. The molecule has 0 atom stereocenters. The average molecular weight is 436 g/mol. The van der Waals surface area contributed by atoms with Crippen molar-refractivity contribution in [3.63, 3.8) is 0 Å². The molecule has 0 radical (unpaired) electrons. The van der Waals surface area contributed by atoms with Gasteiger partial charge in [-0.25, -0.2) is 27.8 Å². The van der Waals surface area contributed by atoms with Crippen molar-refractivity contribution in [1.82, 2.24) is 24.7 Å². The van der Waals surface area contributed by atoms with E-state index >= 15 is 0 Å². The Morgan fingerprint density at radius 1 is 1.07 bits per heavy atom. The molecule has 0 saturated carbocycles. The van der Waals surface area contributed by atoms with Gasteiger partial charge in [-0.1, -0.05) is 0 Å². The van der Waals surface area contributed by atoms with E-state index in [9.17, 15) is 13.2 Å². The monoisotopic (exact) mass is 435 g/mol. The summed E-state index contributed by atoms with van der Waals surface area (Å²) in [4.78, 5) is 11.4. The summed E-state index contributed by atoms with van der Waals surface area (Å²) in [6.07, 6.45) is 6.74. The normalized spacial score (nSPS) is 11.4. The van der Waals surface area contributed by atoms with Gasteiger partial charge in [-0.2, -0.15) is 5.10 Å². The third kappa shape index (κ3) is 2.91. The number of hydrogen-bond donors (Lipinski definition) is 1. The van der Waals surface area contributed by atoms with E-state index in [1.807, 2.05) is 12.1 Å². The maximum absolute atomic E-state index is 13.6. The summed E-state index contributed by atoms with van der Waals surface area (Å²) in [5, 5.41) is 5.17. The number of nitrogens with one attached hydrogen (secondary N) is 1. The summed E-state index contributed by atoms with van der Waals surface area (Å²) in [5.41, 5.74) is 2.45. The molecule has 0 aliphatic heterocycles. The standard InChI is InChI=1S/C18H13BrF3N5/c19-16-13(5-20)15(7-22)26-18(14(16)6-21)27-9-10(8-25-27)11-1-3-23-17-12(11)2-4-24-17/h1-4,8-9H,5-7H2,(H,23,24). The van der Waals surface area contributed by atoms with Crippen LogP contribution in [0.4, 0.5) is 13.2 Å². The first kappa shape index (κ1) is 17.7. The van der Waals surface area contributed by atoms with Gasteiger partial charge >= 0.3 is 0 Å². The molecule has 4 heterocycles. The maximum atomic E-state index is 13.6. The molecule has 0 bridgehead atoms. The van der Waals surface area contributed by atoms with E-state index in [2.05, 4.69) is 36.0 Å². The largest absolute Gasteiger partial charge is 0.346 e. The third-order valence-electron chi connectivity index (χ3n) is 4.35. The Hall–Kier alpha value is -2.68. The lowest BCUT2D eigenvalue weighted by Crippen LogP contribution is -2.09. The Morgan fingerprint density at radius 3 is 2.63 bits per heavy atom. The van der Waals surface area contributed by atoms with Gasteiger partial charge in [0, 0.05) is 45.1 Å². The van der Waals surface area contributed by atoms with Gasteiger partial charge in [0.15, 0.2) is 5.82 Å². The fourth-order valence-electron chi connectivity index (χ4n) is 3.01. The fraction of sp³-hybridized carbons (Fsp3) is 0.167. The van der Waals surface area contributed by atoms with Gasteiger partial charge in [-0.3, -0.25) is 0 Å². The summed E-state index contributed by atoms with van der Waals surface area (Å²) < 4.78 is 41.7. The van der Waals surface area contributed by atoms with Crippen LogP contribution >= 0.6 is 15.9 Å². The Labute approximate surface area is 160 Å². The molecule has 4 rings (SSSR count). The van der Waals surface area contributed by atoms with Gasteiger partial charge in [-0.15, -0.1) is 0 Å². The zero-order valence-corrected chi connectivity index (χ0v) is 15.5. The van der Waals surface area contributed by atoms with Crippen LogP contribution in [-0.2, 0) is 20.0 Å². The molecule has 27 heavy (non-hydrogen) atoms. The van der Waals surface area contributed by atoms with Crippen LogP contribution in [0.3, 0.4) is 0 Å². The van der Waals surface area contributed by atoms with E-state index < -0.39 is 20.0 Å². The molecule has 4 aromatic heterocycles. The second-order valence-corrected chi connectivity index (χ2v) is 6.62. The van der Waals surface area contributed by atoms with E-state index in [1.165, 1.54) is 4.68 Å². The summed E-state index contributed by atoms with van der Waals surface area (Å²) in [6.45, 7) is -2.79. The zero-order valence-electron chi connectivity index (χ0n) is 13.9. The first-order valence-corrected chi connectivity index (χ1v) is 8.82. The quantitative estimate of drug-likeness (QED) is 0.480. The predicted molar refractivity (Wildman–Crippen MR) is 98.6 cm³/mol. The second-order valence-electron chi connectivity index (χ2n) is 5.83. The van der Waals surface area contributed by atoms with Crippen molar-refractivity contribution in [2.45, 2.75) is 20.0 Å². The summed E-state index contributed by atoms with van der Waals surface area (Å²) in [5.74, 6) is 0.125. The lowest BCUT2D eigenvalue weighted by atomic mass is 10.1. The van der Waals surface area contributed by atoms with Crippen molar-refractivity contribution in [3.05, 3.63) is 58.2 Å². The van der Waals surface area contributed by atoms with Crippen LogP contribution in [0.2, 0.25) is 0 Å². The number of aromatic amines is 1. The molecular weight excluding hydrogens is 423 g/mol.